The summed E-state index contributed by atoms with van der Waals surface area (Å²) in [4.78, 5) is 0. The van der Waals surface area contributed by atoms with E-state index in [2.05, 4.69) is 0 Å². The van der Waals surface area contributed by atoms with Crippen molar-refractivity contribution in [3.8, 4) is 23.0 Å². The molecule has 150 valence electrons. The first-order chi connectivity index (χ1) is 13.6. The van der Waals surface area contributed by atoms with E-state index in [0.29, 0.717) is 23.0 Å². The second kappa shape index (κ2) is 16.9. The van der Waals surface area contributed by atoms with Gasteiger partial charge in [-0.05, 0) is 48.5 Å². The molecule has 0 atom stereocenters. The van der Waals surface area contributed by atoms with Crippen LogP contribution in [0.4, 0.5) is 0 Å². The van der Waals surface area contributed by atoms with Gasteiger partial charge in [-0.3, -0.25) is 0 Å². The van der Waals surface area contributed by atoms with Crippen LogP contribution in [0.15, 0.2) is 121 Å². The van der Waals surface area contributed by atoms with Crippen LogP contribution < -0.4 is 0 Å². The average molecular weight is 560 g/mol. The van der Waals surface area contributed by atoms with Crippen LogP contribution >= 0.6 is 0 Å². The van der Waals surface area contributed by atoms with Crippen molar-refractivity contribution in [1.82, 2.24) is 0 Å². The van der Waals surface area contributed by atoms with Crippen molar-refractivity contribution in [1.29, 1.82) is 0 Å². The Labute approximate surface area is 185 Å². The van der Waals surface area contributed by atoms with E-state index >= 15 is 0 Å². The van der Waals surface area contributed by atoms with Crippen molar-refractivity contribution in [3.05, 3.63) is 121 Å². The minimum Gasteiger partial charge on any atom is -0.508 e. The van der Waals surface area contributed by atoms with E-state index < -0.39 is 0 Å². The van der Waals surface area contributed by atoms with Gasteiger partial charge in [0.05, 0.1) is 0 Å². The predicted octanol–water partition coefficient (Wildman–Crippen LogP) is 5.57. The molecule has 0 amide bonds. The molecule has 0 saturated carbocycles. The molecule has 0 heterocycles. The molecule has 0 aliphatic rings. The normalized spacial score (nSPS) is 8.28. The summed E-state index contributed by atoms with van der Waals surface area (Å²) in [7, 11) is 0. The van der Waals surface area contributed by atoms with Gasteiger partial charge >= 0.3 is 0 Å². The maximum atomic E-state index is 8.63. The quantitative estimate of drug-likeness (QED) is 0.227. The first kappa shape index (κ1) is 25.8. The van der Waals surface area contributed by atoms with Crippen LogP contribution in [0.1, 0.15) is 0 Å². The fourth-order valence-electron chi connectivity index (χ4n) is 1.71. The fourth-order valence-corrected chi connectivity index (χ4v) is 1.71. The monoisotopic (exact) mass is 560 g/mol. The molecular weight excluding hydrogens is 536 g/mol. The van der Waals surface area contributed by atoms with E-state index in [4.69, 9.17) is 20.4 Å². The van der Waals surface area contributed by atoms with Crippen LogP contribution in [0.25, 0.3) is 0 Å². The second-order valence-corrected chi connectivity index (χ2v) is 5.34. The number of hydrogen-bond acceptors (Lipinski definition) is 4. The molecule has 0 aliphatic heterocycles. The largest absolute Gasteiger partial charge is 0.508 e. The summed E-state index contributed by atoms with van der Waals surface area (Å²) >= 11 is 0. The third-order valence-electron chi connectivity index (χ3n) is 3.02. The Morgan fingerprint density at radius 3 is 0.483 bits per heavy atom. The summed E-state index contributed by atoms with van der Waals surface area (Å²) < 4.78 is 0. The number of phenols is 4. The Balaban J connectivity index is 0.000000356. The van der Waals surface area contributed by atoms with Gasteiger partial charge in [0.2, 0.25) is 0 Å². The molecule has 0 fully saturated rings. The second-order valence-electron chi connectivity index (χ2n) is 5.34. The molecule has 4 rings (SSSR count). The molecule has 0 saturated heterocycles. The van der Waals surface area contributed by atoms with Gasteiger partial charge in [0.15, 0.2) is 0 Å². The van der Waals surface area contributed by atoms with Crippen LogP contribution in [0.3, 0.4) is 0 Å². The number of rotatable bonds is 0. The van der Waals surface area contributed by atoms with Gasteiger partial charge in [-0.15, -0.1) is 0 Å². The van der Waals surface area contributed by atoms with E-state index in [1.54, 1.807) is 97.1 Å². The van der Waals surface area contributed by atoms with E-state index in [1.165, 1.54) is 0 Å². The van der Waals surface area contributed by atoms with E-state index in [0.717, 1.165) is 0 Å². The molecule has 0 radical (unpaired) electrons. The standard InChI is InChI=1S/4C6H6O.W/c4*7-6-4-2-1-3-5-6;/h4*1-5,7H;. The van der Waals surface area contributed by atoms with Crippen molar-refractivity contribution >= 4 is 0 Å². The zero-order valence-electron chi connectivity index (χ0n) is 15.7. The minimum absolute atomic E-state index is 0. The van der Waals surface area contributed by atoms with E-state index in [-0.39, 0.29) is 21.1 Å². The third-order valence-corrected chi connectivity index (χ3v) is 3.02. The third kappa shape index (κ3) is 15.5. The Hall–Kier alpha value is -3.23. The van der Waals surface area contributed by atoms with Gasteiger partial charge in [0.25, 0.3) is 0 Å². The molecule has 5 heteroatoms. The van der Waals surface area contributed by atoms with E-state index in [9.17, 15) is 0 Å². The average Bonchev–Trinajstić information content (AvgIpc) is 2.72. The minimum atomic E-state index is 0. The predicted molar refractivity (Wildman–Crippen MR) is 112 cm³/mol. The molecule has 0 aromatic heterocycles. The van der Waals surface area contributed by atoms with Gasteiger partial charge in [-0.1, -0.05) is 72.8 Å². The SMILES string of the molecule is Oc1ccccc1.Oc1ccccc1.Oc1ccccc1.Oc1ccccc1.[W]. The fraction of sp³-hybridized carbons (Fsp3) is 0. The van der Waals surface area contributed by atoms with Crippen LogP contribution in [0.5, 0.6) is 23.0 Å². The van der Waals surface area contributed by atoms with Crippen LogP contribution in [-0.4, -0.2) is 20.4 Å². The van der Waals surface area contributed by atoms with Crippen molar-refractivity contribution in [3.63, 3.8) is 0 Å². The van der Waals surface area contributed by atoms with Gasteiger partial charge in [-0.2, -0.15) is 0 Å². The molecule has 0 unspecified atom stereocenters. The number of benzene rings is 4. The number of hydrogen-bond donors (Lipinski definition) is 4. The summed E-state index contributed by atoms with van der Waals surface area (Å²) in [5.74, 6) is 1.29. The van der Waals surface area contributed by atoms with Crippen LogP contribution in [0, 0.1) is 0 Å². The van der Waals surface area contributed by atoms with Crippen molar-refractivity contribution in [2.45, 2.75) is 0 Å². The molecule has 0 bridgehead atoms. The van der Waals surface area contributed by atoms with Crippen molar-refractivity contribution in [2.24, 2.45) is 0 Å². The molecule has 4 aromatic carbocycles. The summed E-state index contributed by atoms with van der Waals surface area (Å²) in [6, 6.07) is 34.9. The molecule has 0 spiro atoms. The first-order valence-corrected chi connectivity index (χ1v) is 8.54. The molecule has 4 N–H and O–H groups in total. The topological polar surface area (TPSA) is 80.9 Å². The van der Waals surface area contributed by atoms with Crippen molar-refractivity contribution < 1.29 is 41.5 Å². The molecule has 0 aliphatic carbocycles. The Morgan fingerprint density at radius 2 is 0.414 bits per heavy atom. The van der Waals surface area contributed by atoms with Gasteiger partial charge in [0.1, 0.15) is 23.0 Å². The van der Waals surface area contributed by atoms with Gasteiger partial charge in [-0.25, -0.2) is 0 Å². The summed E-state index contributed by atoms with van der Waals surface area (Å²) in [6.45, 7) is 0. The molecule has 4 nitrogen and oxygen atoms in total. The maximum absolute atomic E-state index is 8.63. The van der Waals surface area contributed by atoms with Crippen LogP contribution in [0.2, 0.25) is 0 Å². The first-order valence-electron chi connectivity index (χ1n) is 8.54. The Kier molecular flexibility index (Phi) is 15.0. The van der Waals surface area contributed by atoms with Crippen LogP contribution in [-0.2, 0) is 21.1 Å². The molecular formula is C24H24O4W. The summed E-state index contributed by atoms with van der Waals surface area (Å²) in [5.41, 5.74) is 0. The maximum Gasteiger partial charge on any atom is 0.115 e. The molecule has 4 aromatic rings. The molecule has 29 heavy (non-hydrogen) atoms. The Bertz CT molecular complexity index is 693. The van der Waals surface area contributed by atoms with Gasteiger partial charge < -0.3 is 20.4 Å². The van der Waals surface area contributed by atoms with E-state index in [1.807, 2.05) is 24.3 Å². The zero-order chi connectivity index (χ0) is 20.5. The Morgan fingerprint density at radius 1 is 0.276 bits per heavy atom. The summed E-state index contributed by atoms with van der Waals surface area (Å²) in [6.07, 6.45) is 0. The number of aromatic hydroxyl groups is 4. The van der Waals surface area contributed by atoms with Gasteiger partial charge in [0, 0.05) is 21.1 Å². The zero-order valence-corrected chi connectivity index (χ0v) is 18.7. The number of phenolic OH excluding ortho intramolecular Hbond substituents is 4. The van der Waals surface area contributed by atoms with Crippen molar-refractivity contribution in [2.75, 3.05) is 0 Å². The smallest absolute Gasteiger partial charge is 0.115 e. The summed E-state index contributed by atoms with van der Waals surface area (Å²) in [5, 5.41) is 34.5. The number of para-hydroxylation sites is 4.